The molecule has 2 heterocycles. The van der Waals surface area contributed by atoms with Crippen LogP contribution < -0.4 is 0 Å². The zero-order valence-electron chi connectivity index (χ0n) is 14.5. The number of carbonyl (C=O) groups excluding carboxylic acids is 1. The Morgan fingerprint density at radius 1 is 1.19 bits per heavy atom. The predicted octanol–water partition coefficient (Wildman–Crippen LogP) is 5.13. The van der Waals surface area contributed by atoms with E-state index in [1.807, 2.05) is 55.5 Å². The van der Waals surface area contributed by atoms with Crippen LogP contribution >= 0.6 is 11.8 Å². The molecule has 0 aliphatic heterocycles. The second-order valence-corrected chi connectivity index (χ2v) is 7.05. The average Bonchev–Trinajstić information content (AvgIpc) is 3.01. The van der Waals surface area contributed by atoms with Gasteiger partial charge >= 0.3 is 0 Å². The summed E-state index contributed by atoms with van der Waals surface area (Å²) in [6.07, 6.45) is 1.73. The van der Waals surface area contributed by atoms with E-state index in [9.17, 15) is 9.90 Å². The van der Waals surface area contributed by atoms with Gasteiger partial charge in [-0.15, -0.1) is 22.0 Å². The highest BCUT2D eigenvalue weighted by molar-refractivity contribution is 8.00. The number of nitrogens with one attached hydrogen (secondary N) is 1. The summed E-state index contributed by atoms with van der Waals surface area (Å²) in [5.41, 5.74) is 2.90. The highest BCUT2D eigenvalue weighted by Gasteiger charge is 2.12. The summed E-state index contributed by atoms with van der Waals surface area (Å²) >= 11 is 1.37. The van der Waals surface area contributed by atoms with Gasteiger partial charge in [-0.3, -0.25) is 9.78 Å². The van der Waals surface area contributed by atoms with E-state index in [1.54, 1.807) is 6.20 Å². The zero-order chi connectivity index (χ0) is 18.8. The number of pyridine rings is 1. The summed E-state index contributed by atoms with van der Waals surface area (Å²) in [6.45, 7) is 1.93. The van der Waals surface area contributed by atoms with E-state index >= 15 is 0 Å². The number of amides is 1. The van der Waals surface area contributed by atoms with Crippen LogP contribution in [-0.4, -0.2) is 26.7 Å². The molecule has 0 saturated carbocycles. The Kier molecular flexibility index (Phi) is 4.60. The molecular weight excluding hydrogens is 360 g/mol. The lowest BCUT2D eigenvalue weighted by Gasteiger charge is -2.03. The second-order valence-electron chi connectivity index (χ2n) is 6.03. The van der Waals surface area contributed by atoms with Gasteiger partial charge in [-0.1, -0.05) is 36.4 Å². The fourth-order valence-corrected chi connectivity index (χ4v) is 3.72. The summed E-state index contributed by atoms with van der Waals surface area (Å²) in [6, 6.07) is 15.3. The monoisotopic (exact) mass is 376 g/mol. The highest BCUT2D eigenvalue weighted by Crippen LogP contribution is 2.36. The van der Waals surface area contributed by atoms with Crippen molar-refractivity contribution in [1.82, 2.24) is 9.97 Å². The summed E-state index contributed by atoms with van der Waals surface area (Å²) in [7, 11) is 0. The molecule has 0 radical (unpaired) electrons. The molecule has 0 unspecified atom stereocenters. The van der Waals surface area contributed by atoms with E-state index in [2.05, 4.69) is 20.2 Å². The third kappa shape index (κ3) is 3.41. The molecule has 4 aromatic rings. The molecule has 0 fully saturated rings. The number of nitrogens with zero attached hydrogens (tertiary/aromatic N) is 3. The molecule has 2 aromatic heterocycles. The number of aromatic amines is 1. The minimum atomic E-state index is -0.380. The number of aromatic hydroxyl groups is 1. The third-order valence-corrected chi connectivity index (χ3v) is 5.24. The van der Waals surface area contributed by atoms with Crippen LogP contribution in [0.2, 0.25) is 0 Å². The lowest BCUT2D eigenvalue weighted by molar-refractivity contribution is -0.115. The van der Waals surface area contributed by atoms with Crippen molar-refractivity contribution in [3.8, 4) is 5.88 Å². The van der Waals surface area contributed by atoms with Crippen molar-refractivity contribution < 1.29 is 9.90 Å². The van der Waals surface area contributed by atoms with Crippen LogP contribution in [0.3, 0.4) is 0 Å². The molecule has 1 amide bonds. The summed E-state index contributed by atoms with van der Waals surface area (Å²) in [4.78, 5) is 20.3. The second kappa shape index (κ2) is 7.20. The van der Waals surface area contributed by atoms with E-state index in [0.717, 1.165) is 32.3 Å². The molecule has 0 aliphatic carbocycles. The molecule has 27 heavy (non-hydrogen) atoms. The summed E-state index contributed by atoms with van der Waals surface area (Å²) in [5.74, 6) is -0.336. The molecule has 6 nitrogen and oxygen atoms in total. The molecule has 2 aromatic carbocycles. The van der Waals surface area contributed by atoms with Crippen LogP contribution in [0.1, 0.15) is 5.56 Å². The number of hydrogen-bond donors (Lipinski definition) is 2. The van der Waals surface area contributed by atoms with Gasteiger partial charge in [0.05, 0.1) is 16.8 Å². The van der Waals surface area contributed by atoms with E-state index in [-0.39, 0.29) is 23.2 Å². The van der Waals surface area contributed by atoms with Crippen molar-refractivity contribution >= 4 is 45.2 Å². The van der Waals surface area contributed by atoms with Gasteiger partial charge in [0.2, 0.25) is 5.88 Å². The predicted molar refractivity (Wildman–Crippen MR) is 107 cm³/mol. The van der Waals surface area contributed by atoms with E-state index < -0.39 is 0 Å². The van der Waals surface area contributed by atoms with E-state index in [1.165, 1.54) is 11.8 Å². The van der Waals surface area contributed by atoms with Crippen molar-refractivity contribution in [3.63, 3.8) is 0 Å². The van der Waals surface area contributed by atoms with Crippen molar-refractivity contribution in [2.75, 3.05) is 5.75 Å². The SMILES string of the molecule is Cc1cccc2c(N=NC(=O)CSc3cccc4cccnc34)c(O)[nH]c12. The minimum absolute atomic E-state index is 0.0956. The molecular formula is C20H16N4O2S. The minimum Gasteiger partial charge on any atom is -0.493 e. The number of azo groups is 1. The first kappa shape index (κ1) is 17.2. The number of aromatic nitrogens is 2. The van der Waals surface area contributed by atoms with Gasteiger partial charge in [0.1, 0.15) is 0 Å². The Morgan fingerprint density at radius 3 is 2.89 bits per heavy atom. The first-order valence-electron chi connectivity index (χ1n) is 8.35. The quantitative estimate of drug-likeness (QED) is 0.381. The standard InChI is InChI=1S/C20H16N4O2S/c1-12-5-2-8-14-17(12)22-20(26)19(14)24-23-16(25)11-27-15-9-3-6-13-7-4-10-21-18(13)15/h2-10,22,26H,11H2,1H3. The van der Waals surface area contributed by atoms with Crippen LogP contribution in [0, 0.1) is 6.92 Å². The highest BCUT2D eigenvalue weighted by atomic mass is 32.2. The first-order chi connectivity index (χ1) is 13.1. The number of para-hydroxylation sites is 2. The number of hydrogen-bond acceptors (Lipinski definition) is 5. The van der Waals surface area contributed by atoms with Gasteiger partial charge in [0.25, 0.3) is 5.91 Å². The smallest absolute Gasteiger partial charge is 0.274 e. The molecule has 0 spiro atoms. The van der Waals surface area contributed by atoms with Crippen LogP contribution in [0.25, 0.3) is 21.8 Å². The largest absolute Gasteiger partial charge is 0.493 e. The van der Waals surface area contributed by atoms with Crippen LogP contribution in [-0.2, 0) is 4.79 Å². The first-order valence-corrected chi connectivity index (χ1v) is 9.33. The number of carbonyl (C=O) groups is 1. The maximum absolute atomic E-state index is 12.2. The lowest BCUT2D eigenvalue weighted by Crippen LogP contribution is -1.96. The van der Waals surface area contributed by atoms with Crippen molar-refractivity contribution in [1.29, 1.82) is 0 Å². The van der Waals surface area contributed by atoms with Gasteiger partial charge in [-0.25, -0.2) is 0 Å². The third-order valence-electron chi connectivity index (χ3n) is 4.20. The molecule has 0 atom stereocenters. The number of H-pyrrole nitrogens is 1. The molecule has 0 aliphatic rings. The Balaban J connectivity index is 1.51. The zero-order valence-corrected chi connectivity index (χ0v) is 15.3. The number of thioether (sulfide) groups is 1. The van der Waals surface area contributed by atoms with E-state index in [0.29, 0.717) is 0 Å². The maximum atomic E-state index is 12.2. The van der Waals surface area contributed by atoms with Gasteiger partial charge < -0.3 is 10.1 Å². The molecule has 2 N–H and O–H groups in total. The van der Waals surface area contributed by atoms with Gasteiger partial charge in [0.15, 0.2) is 5.69 Å². The molecule has 0 saturated heterocycles. The van der Waals surface area contributed by atoms with Gasteiger partial charge in [0, 0.05) is 21.9 Å². The number of aryl methyl sites for hydroxylation is 1. The lowest BCUT2D eigenvalue weighted by atomic mass is 10.1. The van der Waals surface area contributed by atoms with Gasteiger partial charge in [-0.2, -0.15) is 0 Å². The summed E-state index contributed by atoms with van der Waals surface area (Å²) < 4.78 is 0. The number of fused-ring (bicyclic) bond motifs is 2. The maximum Gasteiger partial charge on any atom is 0.274 e. The fraction of sp³-hybridized carbons (Fsp3) is 0.100. The van der Waals surface area contributed by atoms with E-state index in [4.69, 9.17) is 0 Å². The van der Waals surface area contributed by atoms with Crippen LogP contribution in [0.15, 0.2) is 69.9 Å². The van der Waals surface area contributed by atoms with Crippen LogP contribution in [0.4, 0.5) is 5.69 Å². The van der Waals surface area contributed by atoms with Gasteiger partial charge in [-0.05, 0) is 24.6 Å². The Labute approximate surface area is 159 Å². The number of benzene rings is 2. The Morgan fingerprint density at radius 2 is 2.00 bits per heavy atom. The Bertz CT molecular complexity index is 1180. The number of rotatable bonds is 4. The fourth-order valence-electron chi connectivity index (χ4n) is 2.90. The topological polar surface area (TPSA) is 90.7 Å². The van der Waals surface area contributed by atoms with Crippen molar-refractivity contribution in [2.24, 2.45) is 10.2 Å². The molecule has 7 heteroatoms. The molecule has 4 rings (SSSR count). The van der Waals surface area contributed by atoms with Crippen molar-refractivity contribution in [3.05, 3.63) is 60.3 Å². The summed E-state index contributed by atoms with van der Waals surface area (Å²) in [5, 5.41) is 19.6. The Hall–Kier alpha value is -3.19. The normalized spacial score (nSPS) is 11.6. The van der Waals surface area contributed by atoms with Crippen LogP contribution in [0.5, 0.6) is 5.88 Å². The van der Waals surface area contributed by atoms with Crippen molar-refractivity contribution in [2.45, 2.75) is 11.8 Å². The molecule has 134 valence electrons. The molecule has 0 bridgehead atoms. The average molecular weight is 376 g/mol.